The fourth-order valence-corrected chi connectivity index (χ4v) is 1.12. The highest BCUT2D eigenvalue weighted by molar-refractivity contribution is 5.02. The summed E-state index contributed by atoms with van der Waals surface area (Å²) in [5, 5.41) is 0. The molecule has 0 aliphatic carbocycles. The lowest BCUT2D eigenvalue weighted by Crippen LogP contribution is -2.35. The molecule has 0 aliphatic rings. The molecule has 0 fully saturated rings. The minimum Gasteiger partial charge on any atom is -0.0649 e. The summed E-state index contributed by atoms with van der Waals surface area (Å²) >= 11 is 0. The lowest BCUT2D eigenvalue weighted by Gasteiger charge is -2.44. The van der Waals surface area contributed by atoms with Crippen molar-refractivity contribution in [2.75, 3.05) is 0 Å². The molecule has 0 rings (SSSR count). The minimum absolute atomic E-state index is 0.363. The highest BCUT2D eigenvalue weighted by Gasteiger charge is 2.37. The SMILES string of the molecule is CCC(C)(C)C(C)(C)[C](C)C. The van der Waals surface area contributed by atoms with Gasteiger partial charge in [-0.3, -0.25) is 0 Å². The molecule has 67 valence electrons. The maximum Gasteiger partial charge on any atom is -0.0241 e. The third-order valence-electron chi connectivity index (χ3n) is 3.83. The molecule has 0 spiro atoms. The molecule has 11 heavy (non-hydrogen) atoms. The molecule has 0 N–H and O–H groups in total. The Morgan fingerprint density at radius 2 is 1.36 bits per heavy atom. The molecule has 0 unspecified atom stereocenters. The Morgan fingerprint density at radius 3 is 1.45 bits per heavy atom. The largest absolute Gasteiger partial charge is 0.0649 e. The lowest BCUT2D eigenvalue weighted by molar-refractivity contribution is 0.121. The van der Waals surface area contributed by atoms with Crippen LogP contribution in [0.25, 0.3) is 0 Å². The van der Waals surface area contributed by atoms with Gasteiger partial charge in [0.1, 0.15) is 0 Å². The van der Waals surface area contributed by atoms with Crippen LogP contribution >= 0.6 is 0 Å². The highest BCUT2D eigenvalue weighted by Crippen LogP contribution is 2.47. The molecular weight excluding hydrogens is 132 g/mol. The van der Waals surface area contributed by atoms with Crippen molar-refractivity contribution in [3.05, 3.63) is 5.92 Å². The molecule has 0 aliphatic heterocycles. The van der Waals surface area contributed by atoms with Gasteiger partial charge >= 0.3 is 0 Å². The predicted octanol–water partition coefficient (Wildman–Crippen LogP) is 4.06. The van der Waals surface area contributed by atoms with Gasteiger partial charge in [0.05, 0.1) is 0 Å². The Bertz CT molecular complexity index is 118. The first-order valence-electron chi connectivity index (χ1n) is 4.56. The van der Waals surface area contributed by atoms with Crippen molar-refractivity contribution in [3.63, 3.8) is 0 Å². The van der Waals surface area contributed by atoms with Gasteiger partial charge in [-0.15, -0.1) is 0 Å². The van der Waals surface area contributed by atoms with E-state index in [9.17, 15) is 0 Å². The van der Waals surface area contributed by atoms with Gasteiger partial charge in [-0.05, 0) is 16.7 Å². The van der Waals surface area contributed by atoms with Crippen LogP contribution in [-0.4, -0.2) is 0 Å². The highest BCUT2D eigenvalue weighted by atomic mass is 14.4. The van der Waals surface area contributed by atoms with Crippen LogP contribution in [0.2, 0.25) is 0 Å². The zero-order valence-corrected chi connectivity index (χ0v) is 9.21. The topological polar surface area (TPSA) is 0 Å². The predicted molar refractivity (Wildman–Crippen MR) is 52.4 cm³/mol. The van der Waals surface area contributed by atoms with Gasteiger partial charge in [0.2, 0.25) is 0 Å². The maximum absolute atomic E-state index is 2.35. The molecule has 0 aromatic rings. The van der Waals surface area contributed by atoms with Crippen molar-refractivity contribution >= 4 is 0 Å². The van der Waals surface area contributed by atoms with E-state index in [1.54, 1.807) is 0 Å². The van der Waals surface area contributed by atoms with E-state index >= 15 is 0 Å². The van der Waals surface area contributed by atoms with Crippen LogP contribution in [-0.2, 0) is 0 Å². The van der Waals surface area contributed by atoms with Gasteiger partial charge in [0.15, 0.2) is 0 Å². The molecule has 0 bridgehead atoms. The van der Waals surface area contributed by atoms with Crippen molar-refractivity contribution in [1.29, 1.82) is 0 Å². The van der Waals surface area contributed by atoms with Crippen molar-refractivity contribution in [3.8, 4) is 0 Å². The standard InChI is InChI=1S/C11H23/c1-8-10(4,5)11(6,7)9(2)3/h8H2,1-7H3. The molecular formula is C11H23. The Morgan fingerprint density at radius 1 is 1.00 bits per heavy atom. The molecule has 0 heteroatoms. The van der Waals surface area contributed by atoms with E-state index in [1.807, 2.05) is 0 Å². The average molecular weight is 155 g/mol. The smallest absolute Gasteiger partial charge is 0.0241 e. The van der Waals surface area contributed by atoms with E-state index in [-0.39, 0.29) is 0 Å². The third-order valence-corrected chi connectivity index (χ3v) is 3.83. The van der Waals surface area contributed by atoms with Gasteiger partial charge in [-0.25, -0.2) is 0 Å². The summed E-state index contributed by atoms with van der Waals surface area (Å²) in [7, 11) is 0. The Balaban J connectivity index is 4.53. The van der Waals surface area contributed by atoms with Crippen molar-refractivity contribution in [2.24, 2.45) is 10.8 Å². The molecule has 1 radical (unpaired) electrons. The second kappa shape index (κ2) is 3.16. The van der Waals surface area contributed by atoms with Gasteiger partial charge in [0.25, 0.3) is 0 Å². The minimum atomic E-state index is 0.363. The van der Waals surface area contributed by atoms with Crippen LogP contribution < -0.4 is 0 Å². The number of rotatable bonds is 3. The Hall–Kier alpha value is 0. The van der Waals surface area contributed by atoms with E-state index in [0.29, 0.717) is 10.8 Å². The Labute approximate surface area is 72.4 Å². The van der Waals surface area contributed by atoms with Gasteiger partial charge in [-0.2, -0.15) is 0 Å². The monoisotopic (exact) mass is 155 g/mol. The van der Waals surface area contributed by atoms with Gasteiger partial charge in [-0.1, -0.05) is 54.9 Å². The van der Waals surface area contributed by atoms with Crippen LogP contribution in [0.5, 0.6) is 0 Å². The fourth-order valence-electron chi connectivity index (χ4n) is 1.12. The second-order valence-electron chi connectivity index (χ2n) is 4.86. The fraction of sp³-hybridized carbons (Fsp3) is 0.909. The zero-order chi connectivity index (χ0) is 9.28. The summed E-state index contributed by atoms with van der Waals surface area (Å²) < 4.78 is 0. The van der Waals surface area contributed by atoms with Crippen LogP contribution in [0.4, 0.5) is 0 Å². The van der Waals surface area contributed by atoms with E-state index in [2.05, 4.69) is 48.5 Å². The normalized spacial score (nSPS) is 14.2. The van der Waals surface area contributed by atoms with Crippen molar-refractivity contribution in [1.82, 2.24) is 0 Å². The number of hydrogen-bond donors (Lipinski definition) is 0. The zero-order valence-electron chi connectivity index (χ0n) is 9.21. The molecule has 0 saturated heterocycles. The third kappa shape index (κ3) is 1.98. The summed E-state index contributed by atoms with van der Waals surface area (Å²) in [6, 6.07) is 0. The van der Waals surface area contributed by atoms with Crippen molar-refractivity contribution in [2.45, 2.75) is 54.9 Å². The quantitative estimate of drug-likeness (QED) is 0.576. The summed E-state index contributed by atoms with van der Waals surface area (Å²) in [5.41, 5.74) is 0.785. The summed E-state index contributed by atoms with van der Waals surface area (Å²) in [6.07, 6.45) is 1.24. The molecule has 0 aromatic heterocycles. The van der Waals surface area contributed by atoms with Gasteiger partial charge in [0, 0.05) is 0 Å². The Kier molecular flexibility index (Phi) is 3.16. The first kappa shape index (κ1) is 11.0. The molecule has 0 heterocycles. The second-order valence-corrected chi connectivity index (χ2v) is 4.86. The lowest BCUT2D eigenvalue weighted by atomic mass is 9.61. The van der Waals surface area contributed by atoms with E-state index < -0.39 is 0 Å². The first-order valence-corrected chi connectivity index (χ1v) is 4.56. The van der Waals surface area contributed by atoms with E-state index in [0.717, 1.165) is 0 Å². The maximum atomic E-state index is 2.35. The van der Waals surface area contributed by atoms with Crippen molar-refractivity contribution < 1.29 is 0 Å². The van der Waals surface area contributed by atoms with E-state index in [4.69, 9.17) is 0 Å². The van der Waals surface area contributed by atoms with Crippen LogP contribution in [0.1, 0.15) is 54.9 Å². The number of hydrogen-bond acceptors (Lipinski definition) is 0. The van der Waals surface area contributed by atoms with Crippen LogP contribution in [0, 0.1) is 16.7 Å². The summed E-state index contributed by atoms with van der Waals surface area (Å²) in [5.74, 6) is 1.53. The van der Waals surface area contributed by atoms with Gasteiger partial charge < -0.3 is 0 Å². The summed E-state index contributed by atoms with van der Waals surface area (Å²) in [6.45, 7) is 16.1. The summed E-state index contributed by atoms with van der Waals surface area (Å²) in [4.78, 5) is 0. The van der Waals surface area contributed by atoms with E-state index in [1.165, 1.54) is 12.3 Å². The van der Waals surface area contributed by atoms with Crippen LogP contribution in [0.3, 0.4) is 0 Å². The molecule has 0 atom stereocenters. The molecule has 0 nitrogen and oxygen atoms in total. The molecule has 0 amide bonds. The molecule has 0 saturated carbocycles. The first-order chi connectivity index (χ1) is 4.75. The average Bonchev–Trinajstić information content (AvgIpc) is 1.87. The van der Waals surface area contributed by atoms with Crippen LogP contribution in [0.15, 0.2) is 0 Å². The molecule has 0 aromatic carbocycles.